The zero-order valence-electron chi connectivity index (χ0n) is 10.4. The summed E-state index contributed by atoms with van der Waals surface area (Å²) < 4.78 is 0. The highest BCUT2D eigenvalue weighted by Crippen LogP contribution is 2.23. The largest absolute Gasteiger partial charge is 0.333 e. The van der Waals surface area contributed by atoms with E-state index in [1.165, 1.54) is 0 Å². The number of nitrogens with zero attached hydrogens (tertiary/aromatic N) is 1. The number of hydrogen-bond acceptors (Lipinski definition) is 2. The summed E-state index contributed by atoms with van der Waals surface area (Å²) in [5.74, 6) is -0.0525. The molecule has 1 N–H and O–H groups in total. The van der Waals surface area contributed by atoms with Crippen LogP contribution in [0.1, 0.15) is 24.2 Å². The standard InChI is InChI=1S/C13H16Cl2N2O/c1-8-7-17(9(2)6-16-8)13(18)11-5-10(14)3-4-12(11)15/h3-5,8-9,16H,6-7H2,1-2H3. The molecule has 2 unspecified atom stereocenters. The second-order valence-electron chi connectivity index (χ2n) is 4.74. The first-order valence-electron chi connectivity index (χ1n) is 5.98. The van der Waals surface area contributed by atoms with Crippen LogP contribution in [0.25, 0.3) is 0 Å². The maximum atomic E-state index is 12.5. The van der Waals surface area contributed by atoms with Gasteiger partial charge < -0.3 is 10.2 Å². The van der Waals surface area contributed by atoms with E-state index in [1.54, 1.807) is 18.2 Å². The van der Waals surface area contributed by atoms with Gasteiger partial charge in [-0.3, -0.25) is 4.79 Å². The van der Waals surface area contributed by atoms with E-state index in [4.69, 9.17) is 23.2 Å². The molecule has 3 nitrogen and oxygen atoms in total. The summed E-state index contributed by atoms with van der Waals surface area (Å²) in [6.45, 7) is 5.56. The molecular formula is C13H16Cl2N2O. The first kappa shape index (κ1) is 13.7. The van der Waals surface area contributed by atoms with Gasteiger partial charge in [-0.25, -0.2) is 0 Å². The van der Waals surface area contributed by atoms with Crippen molar-refractivity contribution in [2.45, 2.75) is 25.9 Å². The summed E-state index contributed by atoms with van der Waals surface area (Å²) in [5, 5.41) is 4.31. The molecule has 0 aliphatic carbocycles. The fraction of sp³-hybridized carbons (Fsp3) is 0.462. The summed E-state index contributed by atoms with van der Waals surface area (Å²) in [6, 6.07) is 5.43. The average Bonchev–Trinajstić information content (AvgIpc) is 2.34. The minimum absolute atomic E-state index is 0.0525. The van der Waals surface area contributed by atoms with Crippen LogP contribution in [-0.2, 0) is 0 Å². The third-order valence-electron chi connectivity index (χ3n) is 3.18. The lowest BCUT2D eigenvalue weighted by Gasteiger charge is -2.37. The van der Waals surface area contributed by atoms with Crippen molar-refractivity contribution in [2.75, 3.05) is 13.1 Å². The fourth-order valence-electron chi connectivity index (χ4n) is 2.12. The number of carbonyl (C=O) groups excluding carboxylic acids is 1. The third kappa shape index (κ3) is 2.79. The van der Waals surface area contributed by atoms with Gasteiger partial charge >= 0.3 is 0 Å². The summed E-state index contributed by atoms with van der Waals surface area (Å²) in [6.07, 6.45) is 0. The van der Waals surface area contributed by atoms with Crippen LogP contribution in [-0.4, -0.2) is 36.0 Å². The molecule has 18 heavy (non-hydrogen) atoms. The molecule has 2 atom stereocenters. The van der Waals surface area contributed by atoms with Crippen LogP contribution >= 0.6 is 23.2 Å². The Labute approximate surface area is 117 Å². The zero-order valence-corrected chi connectivity index (χ0v) is 11.9. The summed E-state index contributed by atoms with van der Waals surface area (Å²) in [7, 11) is 0. The maximum Gasteiger partial charge on any atom is 0.255 e. The van der Waals surface area contributed by atoms with Crippen LogP contribution in [0.5, 0.6) is 0 Å². The van der Waals surface area contributed by atoms with Gasteiger partial charge in [0.2, 0.25) is 0 Å². The van der Waals surface area contributed by atoms with E-state index >= 15 is 0 Å². The number of hydrogen-bond donors (Lipinski definition) is 1. The van der Waals surface area contributed by atoms with Crippen molar-refractivity contribution >= 4 is 29.1 Å². The quantitative estimate of drug-likeness (QED) is 0.861. The van der Waals surface area contributed by atoms with E-state index in [0.717, 1.165) is 6.54 Å². The Kier molecular flexibility index (Phi) is 4.15. The molecule has 1 fully saturated rings. The SMILES string of the molecule is CC1CN(C(=O)c2cc(Cl)ccc2Cl)C(C)CN1. The number of benzene rings is 1. The minimum atomic E-state index is -0.0525. The van der Waals surface area contributed by atoms with E-state index < -0.39 is 0 Å². The Balaban J connectivity index is 2.27. The van der Waals surface area contributed by atoms with Crippen LogP contribution in [0, 0.1) is 0 Å². The first-order valence-corrected chi connectivity index (χ1v) is 6.74. The van der Waals surface area contributed by atoms with Gasteiger partial charge in [-0.2, -0.15) is 0 Å². The van der Waals surface area contributed by atoms with Crippen LogP contribution in [0.4, 0.5) is 0 Å². The van der Waals surface area contributed by atoms with E-state index in [0.29, 0.717) is 28.2 Å². The molecule has 98 valence electrons. The molecular weight excluding hydrogens is 271 g/mol. The van der Waals surface area contributed by atoms with Crippen molar-refractivity contribution in [2.24, 2.45) is 0 Å². The van der Waals surface area contributed by atoms with Gasteiger partial charge in [0.15, 0.2) is 0 Å². The van der Waals surface area contributed by atoms with Gasteiger partial charge in [-0.15, -0.1) is 0 Å². The van der Waals surface area contributed by atoms with Gasteiger partial charge in [0.05, 0.1) is 10.6 Å². The molecule has 0 aromatic heterocycles. The molecule has 0 radical (unpaired) electrons. The van der Waals surface area contributed by atoms with Crippen LogP contribution < -0.4 is 5.32 Å². The first-order chi connectivity index (χ1) is 8.49. The van der Waals surface area contributed by atoms with Gasteiger partial charge in [0.25, 0.3) is 5.91 Å². The topological polar surface area (TPSA) is 32.3 Å². The molecule has 0 saturated carbocycles. The Morgan fingerprint density at radius 1 is 1.39 bits per heavy atom. The van der Waals surface area contributed by atoms with Crippen molar-refractivity contribution in [1.82, 2.24) is 10.2 Å². The van der Waals surface area contributed by atoms with Gasteiger partial charge in [0.1, 0.15) is 0 Å². The monoisotopic (exact) mass is 286 g/mol. The Hall–Kier alpha value is -0.770. The van der Waals surface area contributed by atoms with E-state index in [1.807, 2.05) is 11.8 Å². The molecule has 0 bridgehead atoms. The highest BCUT2D eigenvalue weighted by molar-refractivity contribution is 6.35. The zero-order chi connectivity index (χ0) is 13.3. The van der Waals surface area contributed by atoms with Crippen molar-refractivity contribution in [3.8, 4) is 0 Å². The smallest absolute Gasteiger partial charge is 0.255 e. The summed E-state index contributed by atoms with van der Waals surface area (Å²) in [4.78, 5) is 14.3. The summed E-state index contributed by atoms with van der Waals surface area (Å²) in [5.41, 5.74) is 0.477. The van der Waals surface area contributed by atoms with Crippen molar-refractivity contribution in [3.63, 3.8) is 0 Å². The molecule has 1 aliphatic heterocycles. The molecule has 1 aromatic rings. The summed E-state index contributed by atoms with van der Waals surface area (Å²) >= 11 is 12.0. The van der Waals surface area contributed by atoms with Gasteiger partial charge in [-0.1, -0.05) is 23.2 Å². The number of amides is 1. The lowest BCUT2D eigenvalue weighted by molar-refractivity contribution is 0.0616. The highest BCUT2D eigenvalue weighted by atomic mass is 35.5. The maximum absolute atomic E-state index is 12.5. The van der Waals surface area contributed by atoms with Crippen molar-refractivity contribution in [3.05, 3.63) is 33.8 Å². The average molecular weight is 287 g/mol. The molecule has 5 heteroatoms. The second-order valence-corrected chi connectivity index (χ2v) is 5.58. The Bertz CT molecular complexity index is 464. The number of nitrogens with one attached hydrogen (secondary N) is 1. The molecule has 2 rings (SSSR count). The molecule has 1 aliphatic rings. The van der Waals surface area contributed by atoms with Crippen LogP contribution in [0.15, 0.2) is 18.2 Å². The molecule has 1 saturated heterocycles. The Morgan fingerprint density at radius 2 is 2.11 bits per heavy atom. The number of rotatable bonds is 1. The highest BCUT2D eigenvalue weighted by Gasteiger charge is 2.28. The molecule has 1 aromatic carbocycles. The fourth-order valence-corrected chi connectivity index (χ4v) is 2.49. The molecule has 1 heterocycles. The number of carbonyl (C=O) groups is 1. The minimum Gasteiger partial charge on any atom is -0.333 e. The van der Waals surface area contributed by atoms with Crippen molar-refractivity contribution < 1.29 is 4.79 Å². The van der Waals surface area contributed by atoms with E-state index in [2.05, 4.69) is 12.2 Å². The predicted molar refractivity (Wildman–Crippen MR) is 74.4 cm³/mol. The molecule has 1 amide bonds. The normalized spacial score (nSPS) is 24.1. The Morgan fingerprint density at radius 3 is 2.83 bits per heavy atom. The predicted octanol–water partition coefficient (Wildman–Crippen LogP) is 2.82. The second kappa shape index (κ2) is 5.47. The van der Waals surface area contributed by atoms with Crippen molar-refractivity contribution in [1.29, 1.82) is 0 Å². The van der Waals surface area contributed by atoms with Gasteiger partial charge in [0, 0.05) is 30.2 Å². The van der Waals surface area contributed by atoms with Crippen LogP contribution in [0.2, 0.25) is 10.0 Å². The van der Waals surface area contributed by atoms with E-state index in [-0.39, 0.29) is 11.9 Å². The lowest BCUT2D eigenvalue weighted by atomic mass is 10.1. The van der Waals surface area contributed by atoms with Gasteiger partial charge in [-0.05, 0) is 32.0 Å². The lowest BCUT2D eigenvalue weighted by Crippen LogP contribution is -2.56. The van der Waals surface area contributed by atoms with Crippen LogP contribution in [0.3, 0.4) is 0 Å². The molecule has 0 spiro atoms. The number of piperazine rings is 1. The van der Waals surface area contributed by atoms with E-state index in [9.17, 15) is 4.79 Å². The number of halogens is 2. The third-order valence-corrected chi connectivity index (χ3v) is 3.75.